The van der Waals surface area contributed by atoms with E-state index in [1.807, 2.05) is 25.1 Å². The van der Waals surface area contributed by atoms with Gasteiger partial charge in [-0.15, -0.1) is 11.8 Å². The first-order valence-corrected chi connectivity index (χ1v) is 16.3. The molecule has 0 spiro atoms. The Morgan fingerprint density at radius 1 is 0.872 bits per heavy atom. The Hall–Kier alpha value is -5.33. The van der Waals surface area contributed by atoms with E-state index in [1.165, 1.54) is 43.4 Å². The van der Waals surface area contributed by atoms with Crippen molar-refractivity contribution in [3.05, 3.63) is 108 Å². The van der Waals surface area contributed by atoms with E-state index in [1.54, 1.807) is 72.8 Å². The third-order valence-electron chi connectivity index (χ3n) is 6.66. The number of ether oxygens (including phenoxy) is 3. The Morgan fingerprint density at radius 3 is 2.36 bits per heavy atom. The Bertz CT molecular complexity index is 1910. The summed E-state index contributed by atoms with van der Waals surface area (Å²) in [6, 6.07) is 26.5. The lowest BCUT2D eigenvalue weighted by molar-refractivity contribution is -0.114. The van der Waals surface area contributed by atoms with E-state index in [-0.39, 0.29) is 17.4 Å². The number of nitrogens with zero attached hydrogens (tertiary/aromatic N) is 1. The van der Waals surface area contributed by atoms with Gasteiger partial charge < -0.3 is 30.2 Å². The number of carbonyl (C=O) groups excluding carboxylic acids is 3. The summed E-state index contributed by atoms with van der Waals surface area (Å²) in [6.45, 7) is 2.50. The number of aromatic nitrogens is 1. The van der Waals surface area contributed by atoms with Crippen LogP contribution in [0.3, 0.4) is 0 Å². The van der Waals surface area contributed by atoms with Gasteiger partial charge in [0.1, 0.15) is 22.9 Å². The van der Waals surface area contributed by atoms with Crippen LogP contribution in [-0.2, 0) is 9.59 Å². The molecular weight excluding hydrogens is 637 g/mol. The fourth-order valence-electron chi connectivity index (χ4n) is 4.40. The number of benzene rings is 4. The summed E-state index contributed by atoms with van der Waals surface area (Å²) < 4.78 is 17.3. The zero-order valence-electron chi connectivity index (χ0n) is 25.9. The summed E-state index contributed by atoms with van der Waals surface area (Å²) >= 11 is 2.74. The topological polar surface area (TPSA) is 128 Å². The van der Waals surface area contributed by atoms with Crippen molar-refractivity contribution in [1.82, 2.24) is 10.3 Å². The van der Waals surface area contributed by atoms with E-state index in [9.17, 15) is 14.4 Å². The zero-order valence-corrected chi connectivity index (χ0v) is 27.5. The standard InChI is InChI=1S/C35H32N4O6S2/c1-4-45-26-12-16-28-31(20-26)47-35(38-28)39-32(40)21-46-27-14-10-24(11-15-27)36-34(42)29(37-33(41)22-8-6-5-7-9-22)19-23-18-25(43-2)13-17-30(23)44-3/h5-20H,4,21H2,1-3H3,(H,36,42)(H,37,41)(H,38,39,40)/b29-19-. The highest BCUT2D eigenvalue weighted by atomic mass is 32.2. The maximum Gasteiger partial charge on any atom is 0.272 e. The molecule has 0 radical (unpaired) electrons. The Balaban J connectivity index is 1.24. The van der Waals surface area contributed by atoms with Crippen LogP contribution in [0.4, 0.5) is 10.8 Å². The van der Waals surface area contributed by atoms with Gasteiger partial charge in [0, 0.05) is 21.7 Å². The van der Waals surface area contributed by atoms with E-state index < -0.39 is 11.8 Å². The monoisotopic (exact) mass is 668 g/mol. The van der Waals surface area contributed by atoms with E-state index in [0.29, 0.717) is 40.1 Å². The van der Waals surface area contributed by atoms with Crippen molar-refractivity contribution >= 4 is 67.9 Å². The predicted octanol–water partition coefficient (Wildman–Crippen LogP) is 6.85. The van der Waals surface area contributed by atoms with Crippen LogP contribution in [0.1, 0.15) is 22.8 Å². The van der Waals surface area contributed by atoms with Gasteiger partial charge in [0.05, 0.1) is 36.8 Å². The van der Waals surface area contributed by atoms with Crippen LogP contribution in [0.5, 0.6) is 17.2 Å². The van der Waals surface area contributed by atoms with Crippen LogP contribution in [0.25, 0.3) is 16.3 Å². The van der Waals surface area contributed by atoms with Crippen LogP contribution in [0.2, 0.25) is 0 Å². The first-order valence-electron chi connectivity index (χ1n) is 14.5. The molecule has 1 heterocycles. The Morgan fingerprint density at radius 2 is 1.64 bits per heavy atom. The number of thiazole rings is 1. The molecule has 3 N–H and O–H groups in total. The largest absolute Gasteiger partial charge is 0.497 e. The lowest BCUT2D eigenvalue weighted by Gasteiger charge is -2.13. The number of hydrogen-bond donors (Lipinski definition) is 3. The van der Waals surface area contributed by atoms with Gasteiger partial charge >= 0.3 is 0 Å². The molecule has 4 aromatic carbocycles. The third-order valence-corrected chi connectivity index (χ3v) is 8.61. The summed E-state index contributed by atoms with van der Waals surface area (Å²) in [5.74, 6) is 0.819. The van der Waals surface area contributed by atoms with Crippen molar-refractivity contribution in [3.8, 4) is 17.2 Å². The molecule has 0 fully saturated rings. The molecule has 0 saturated carbocycles. The van der Waals surface area contributed by atoms with Crippen LogP contribution in [0, 0.1) is 0 Å². The second-order valence-electron chi connectivity index (χ2n) is 9.88. The van der Waals surface area contributed by atoms with Gasteiger partial charge in [0.15, 0.2) is 5.13 Å². The SMILES string of the molecule is CCOc1ccc2nc(NC(=O)CSc3ccc(NC(=O)/C(=C/c4cc(OC)ccc4OC)NC(=O)c4ccccc4)cc3)sc2c1. The Kier molecular flexibility index (Phi) is 11.1. The number of amides is 3. The number of anilines is 2. The van der Waals surface area contributed by atoms with Crippen molar-refractivity contribution in [2.75, 3.05) is 37.2 Å². The molecule has 0 bridgehead atoms. The van der Waals surface area contributed by atoms with Crippen molar-refractivity contribution in [2.24, 2.45) is 0 Å². The average Bonchev–Trinajstić information content (AvgIpc) is 3.49. The van der Waals surface area contributed by atoms with E-state index >= 15 is 0 Å². The van der Waals surface area contributed by atoms with Crippen molar-refractivity contribution < 1.29 is 28.6 Å². The van der Waals surface area contributed by atoms with Gasteiger partial charge in [-0.05, 0) is 85.8 Å². The second kappa shape index (κ2) is 15.8. The predicted molar refractivity (Wildman–Crippen MR) is 187 cm³/mol. The molecule has 10 nitrogen and oxygen atoms in total. The first-order chi connectivity index (χ1) is 22.8. The normalized spacial score (nSPS) is 11.1. The molecule has 240 valence electrons. The summed E-state index contributed by atoms with van der Waals surface area (Å²) in [5, 5.41) is 8.94. The number of fused-ring (bicyclic) bond motifs is 1. The molecule has 3 amide bonds. The highest BCUT2D eigenvalue weighted by molar-refractivity contribution is 8.00. The van der Waals surface area contributed by atoms with Crippen molar-refractivity contribution in [1.29, 1.82) is 0 Å². The molecule has 0 aliphatic carbocycles. The maximum absolute atomic E-state index is 13.5. The highest BCUT2D eigenvalue weighted by Gasteiger charge is 2.17. The highest BCUT2D eigenvalue weighted by Crippen LogP contribution is 2.30. The smallest absolute Gasteiger partial charge is 0.272 e. The van der Waals surface area contributed by atoms with Crippen LogP contribution in [-0.4, -0.2) is 49.3 Å². The molecule has 12 heteroatoms. The van der Waals surface area contributed by atoms with Gasteiger partial charge in [-0.1, -0.05) is 29.5 Å². The molecule has 0 unspecified atom stereocenters. The van der Waals surface area contributed by atoms with Gasteiger partial charge in [-0.3, -0.25) is 14.4 Å². The number of carbonyl (C=O) groups is 3. The Labute approximate surface area is 280 Å². The van der Waals surface area contributed by atoms with Gasteiger partial charge in [0.25, 0.3) is 11.8 Å². The lowest BCUT2D eigenvalue weighted by atomic mass is 10.1. The van der Waals surface area contributed by atoms with E-state index in [0.717, 1.165) is 20.9 Å². The van der Waals surface area contributed by atoms with Crippen LogP contribution in [0.15, 0.2) is 102 Å². The molecule has 0 aliphatic heterocycles. The quantitative estimate of drug-likeness (QED) is 0.0918. The zero-order chi connectivity index (χ0) is 33.2. The third kappa shape index (κ3) is 8.90. The molecule has 0 atom stereocenters. The molecule has 5 aromatic rings. The van der Waals surface area contributed by atoms with E-state index in [2.05, 4.69) is 20.9 Å². The average molecular weight is 669 g/mol. The summed E-state index contributed by atoms with van der Waals surface area (Å²) in [6.07, 6.45) is 1.53. The van der Waals surface area contributed by atoms with Gasteiger partial charge in [0.2, 0.25) is 5.91 Å². The van der Waals surface area contributed by atoms with Crippen LogP contribution < -0.4 is 30.2 Å². The van der Waals surface area contributed by atoms with Crippen LogP contribution >= 0.6 is 23.1 Å². The number of thioether (sulfide) groups is 1. The number of nitrogens with one attached hydrogen (secondary N) is 3. The van der Waals surface area contributed by atoms with Crippen molar-refractivity contribution in [3.63, 3.8) is 0 Å². The van der Waals surface area contributed by atoms with Gasteiger partial charge in [-0.2, -0.15) is 0 Å². The fraction of sp³-hybridized carbons (Fsp3) is 0.143. The van der Waals surface area contributed by atoms with Crippen molar-refractivity contribution in [2.45, 2.75) is 11.8 Å². The maximum atomic E-state index is 13.5. The van der Waals surface area contributed by atoms with Gasteiger partial charge in [-0.25, -0.2) is 4.98 Å². The minimum atomic E-state index is -0.539. The fourth-order valence-corrected chi connectivity index (χ4v) is 6.01. The number of rotatable bonds is 13. The molecule has 0 aliphatic rings. The molecule has 0 saturated heterocycles. The molecule has 5 rings (SSSR count). The first kappa shape index (κ1) is 33.0. The lowest BCUT2D eigenvalue weighted by Crippen LogP contribution is -2.30. The minimum Gasteiger partial charge on any atom is -0.497 e. The summed E-state index contributed by atoms with van der Waals surface area (Å²) in [5.41, 5.74) is 2.23. The molecular formula is C35H32N4O6S2. The second-order valence-corrected chi connectivity index (χ2v) is 12.0. The summed E-state index contributed by atoms with van der Waals surface area (Å²) in [4.78, 5) is 44.5. The number of methoxy groups -OCH3 is 2. The number of hydrogen-bond acceptors (Lipinski definition) is 9. The molecule has 47 heavy (non-hydrogen) atoms. The summed E-state index contributed by atoms with van der Waals surface area (Å²) in [7, 11) is 3.06. The molecule has 1 aromatic heterocycles. The minimum absolute atomic E-state index is 0.00416. The van der Waals surface area contributed by atoms with E-state index in [4.69, 9.17) is 14.2 Å².